The highest BCUT2D eigenvalue weighted by Crippen LogP contribution is 2.42. The Bertz CT molecular complexity index is 756. The maximum absolute atomic E-state index is 11.6. The average molecular weight is 541 g/mol. The first-order valence-corrected chi connectivity index (χ1v) is 15.6. The van der Waals surface area contributed by atoms with E-state index in [1.165, 1.54) is 102 Å². The minimum absolute atomic E-state index is 0.180. The third-order valence-corrected chi connectivity index (χ3v) is 7.19. The third-order valence-electron chi connectivity index (χ3n) is 6.25. The van der Waals surface area contributed by atoms with Crippen molar-refractivity contribution in [2.75, 3.05) is 26.9 Å². The lowest BCUT2D eigenvalue weighted by Gasteiger charge is -2.20. The molecule has 1 rings (SSSR count). The highest BCUT2D eigenvalue weighted by atomic mass is 31.2. The second-order valence-electron chi connectivity index (χ2n) is 9.56. The van der Waals surface area contributed by atoms with E-state index in [4.69, 9.17) is 19.3 Å². The Morgan fingerprint density at radius 1 is 0.892 bits per heavy atom. The Morgan fingerprint density at radius 3 is 1.89 bits per heavy atom. The van der Waals surface area contributed by atoms with Gasteiger partial charge in [-0.25, -0.2) is 9.55 Å². The first-order chi connectivity index (χ1) is 18.0. The standard InChI is InChI=1S/C28H49N2O6P/c1-3-4-5-6-7-8-9-10-11-12-13-14-15-16-17-18-21-34-24-28(25-35-37(31,32)33-2)36-27-20-19-26(22-29)30-23-27/h19-20,23,28H,3-18,21,24-25H2,1-2H3,(H,31,32)/t28-/m1/s1. The SMILES string of the molecule is CCCCCCCCCCCCCCCCCCOC[C@H](COP(=O)(O)OC)Oc1ccc(C#N)nc1. The number of unbranched alkanes of at least 4 members (excludes halogenated alkanes) is 15. The lowest BCUT2D eigenvalue weighted by atomic mass is 10.0. The highest BCUT2D eigenvalue weighted by molar-refractivity contribution is 7.47. The Labute approximate surface area is 224 Å². The largest absolute Gasteiger partial charge is 0.484 e. The molecule has 0 aliphatic rings. The average Bonchev–Trinajstić information content (AvgIpc) is 2.91. The van der Waals surface area contributed by atoms with E-state index in [-0.39, 0.29) is 18.9 Å². The van der Waals surface area contributed by atoms with Gasteiger partial charge in [-0.1, -0.05) is 103 Å². The van der Waals surface area contributed by atoms with Gasteiger partial charge >= 0.3 is 7.82 Å². The van der Waals surface area contributed by atoms with Crippen molar-refractivity contribution >= 4 is 7.82 Å². The van der Waals surface area contributed by atoms with Gasteiger partial charge in [0.05, 0.1) is 19.4 Å². The van der Waals surface area contributed by atoms with Crippen molar-refractivity contribution in [3.63, 3.8) is 0 Å². The summed E-state index contributed by atoms with van der Waals surface area (Å²) in [5, 5.41) is 8.87. The molecule has 1 N–H and O–H groups in total. The summed E-state index contributed by atoms with van der Waals surface area (Å²) >= 11 is 0. The van der Waals surface area contributed by atoms with E-state index >= 15 is 0 Å². The Hall–Kier alpha value is -1.49. The zero-order valence-electron chi connectivity index (χ0n) is 23.1. The lowest BCUT2D eigenvalue weighted by molar-refractivity contribution is 0.0163. The van der Waals surface area contributed by atoms with Gasteiger partial charge in [-0.3, -0.25) is 9.05 Å². The molecule has 9 heteroatoms. The second kappa shape index (κ2) is 22.5. The predicted molar refractivity (Wildman–Crippen MR) is 147 cm³/mol. The maximum atomic E-state index is 11.6. The van der Waals surface area contributed by atoms with Crippen LogP contribution >= 0.6 is 7.82 Å². The van der Waals surface area contributed by atoms with Crippen LogP contribution in [0.2, 0.25) is 0 Å². The van der Waals surface area contributed by atoms with Gasteiger partial charge in [0.1, 0.15) is 23.6 Å². The number of rotatable bonds is 25. The molecule has 0 amide bonds. The molecule has 2 atom stereocenters. The molecule has 1 heterocycles. The first-order valence-electron chi connectivity index (χ1n) is 14.1. The van der Waals surface area contributed by atoms with Crippen molar-refractivity contribution in [3.8, 4) is 11.8 Å². The van der Waals surface area contributed by atoms with Crippen LogP contribution in [0.15, 0.2) is 18.3 Å². The van der Waals surface area contributed by atoms with Crippen molar-refractivity contribution in [3.05, 3.63) is 24.0 Å². The van der Waals surface area contributed by atoms with Gasteiger partial charge in [-0.05, 0) is 18.6 Å². The van der Waals surface area contributed by atoms with E-state index in [0.717, 1.165) is 20.0 Å². The number of aromatic nitrogens is 1. The van der Waals surface area contributed by atoms with Crippen LogP contribution in [0.3, 0.4) is 0 Å². The molecule has 1 unspecified atom stereocenters. The molecule has 37 heavy (non-hydrogen) atoms. The van der Waals surface area contributed by atoms with Crippen LogP contribution in [0, 0.1) is 11.3 Å². The van der Waals surface area contributed by atoms with Gasteiger partial charge in [0.2, 0.25) is 0 Å². The fraction of sp³-hybridized carbons (Fsp3) is 0.786. The number of pyridine rings is 1. The topological polar surface area (TPSA) is 111 Å². The highest BCUT2D eigenvalue weighted by Gasteiger charge is 2.22. The van der Waals surface area contributed by atoms with E-state index in [9.17, 15) is 9.46 Å². The van der Waals surface area contributed by atoms with Crippen LogP contribution in [0.25, 0.3) is 0 Å². The maximum Gasteiger partial charge on any atom is 0.472 e. The number of hydrogen-bond donors (Lipinski definition) is 1. The first kappa shape index (κ1) is 33.5. The predicted octanol–water partition coefficient (Wildman–Crippen LogP) is 7.74. The lowest BCUT2D eigenvalue weighted by Crippen LogP contribution is -2.28. The Kier molecular flexibility index (Phi) is 20.4. The van der Waals surface area contributed by atoms with Gasteiger partial charge in [0.15, 0.2) is 0 Å². The van der Waals surface area contributed by atoms with E-state index in [2.05, 4.69) is 16.4 Å². The minimum atomic E-state index is -4.12. The molecule has 212 valence electrons. The summed E-state index contributed by atoms with van der Waals surface area (Å²) in [6.07, 6.45) is 21.9. The van der Waals surface area contributed by atoms with Gasteiger partial charge in [0, 0.05) is 13.7 Å². The molecule has 0 bridgehead atoms. The molecular formula is C28H49N2O6P. The summed E-state index contributed by atoms with van der Waals surface area (Å²) in [5.41, 5.74) is 0.277. The van der Waals surface area contributed by atoms with E-state index in [0.29, 0.717) is 12.4 Å². The van der Waals surface area contributed by atoms with Crippen LogP contribution in [0.1, 0.15) is 115 Å². The van der Waals surface area contributed by atoms with Crippen LogP contribution < -0.4 is 4.74 Å². The second-order valence-corrected chi connectivity index (χ2v) is 11.1. The van der Waals surface area contributed by atoms with E-state index in [1.807, 2.05) is 6.07 Å². The van der Waals surface area contributed by atoms with Crippen LogP contribution in [-0.4, -0.2) is 42.9 Å². The third kappa shape index (κ3) is 19.3. The zero-order valence-corrected chi connectivity index (χ0v) is 24.0. The van der Waals surface area contributed by atoms with Crippen molar-refractivity contribution in [1.82, 2.24) is 4.98 Å². The monoisotopic (exact) mass is 540 g/mol. The quantitative estimate of drug-likeness (QED) is 0.0990. The molecule has 0 saturated carbocycles. The van der Waals surface area contributed by atoms with Gasteiger partial charge in [-0.15, -0.1) is 0 Å². The number of phosphoric acid groups is 1. The molecule has 0 spiro atoms. The summed E-state index contributed by atoms with van der Waals surface area (Å²) in [6, 6.07) is 5.10. The van der Waals surface area contributed by atoms with E-state index in [1.54, 1.807) is 6.07 Å². The molecule has 8 nitrogen and oxygen atoms in total. The molecule has 0 aromatic carbocycles. The molecule has 0 radical (unpaired) electrons. The van der Waals surface area contributed by atoms with Gasteiger partial charge in [0.25, 0.3) is 0 Å². The minimum Gasteiger partial charge on any atom is -0.484 e. The normalized spacial score (nSPS) is 13.7. The molecule has 0 fully saturated rings. The van der Waals surface area contributed by atoms with Crippen LogP contribution in [0.5, 0.6) is 5.75 Å². The fourth-order valence-electron chi connectivity index (χ4n) is 4.02. The summed E-state index contributed by atoms with van der Waals surface area (Å²) in [5.74, 6) is 0.420. The molecule has 1 aromatic heterocycles. The summed E-state index contributed by atoms with van der Waals surface area (Å²) in [4.78, 5) is 13.5. The summed E-state index contributed by atoms with van der Waals surface area (Å²) in [6.45, 7) is 2.87. The van der Waals surface area contributed by atoms with Crippen molar-refractivity contribution in [2.24, 2.45) is 0 Å². The number of ether oxygens (including phenoxy) is 2. The summed E-state index contributed by atoms with van der Waals surface area (Å²) in [7, 11) is -3.01. The smallest absolute Gasteiger partial charge is 0.472 e. The molecule has 1 aromatic rings. The Balaban J connectivity index is 2.07. The Morgan fingerprint density at radius 2 is 1.43 bits per heavy atom. The van der Waals surface area contributed by atoms with Crippen molar-refractivity contribution in [1.29, 1.82) is 5.26 Å². The summed E-state index contributed by atoms with van der Waals surface area (Å²) < 4.78 is 32.6. The molecule has 0 aliphatic carbocycles. The molecule has 0 aliphatic heterocycles. The van der Waals surface area contributed by atoms with Gasteiger partial charge in [-0.2, -0.15) is 5.26 Å². The molecule has 0 saturated heterocycles. The number of hydrogen-bond acceptors (Lipinski definition) is 7. The van der Waals surface area contributed by atoms with Crippen LogP contribution in [-0.2, 0) is 18.3 Å². The number of nitriles is 1. The zero-order chi connectivity index (χ0) is 27.0. The molecular weight excluding hydrogens is 491 g/mol. The van der Waals surface area contributed by atoms with Crippen LogP contribution in [0.4, 0.5) is 0 Å². The fourth-order valence-corrected chi connectivity index (χ4v) is 4.48. The van der Waals surface area contributed by atoms with E-state index < -0.39 is 13.9 Å². The van der Waals surface area contributed by atoms with Crippen molar-refractivity contribution < 1.29 is 28.0 Å². The van der Waals surface area contributed by atoms with Crippen molar-refractivity contribution in [2.45, 2.75) is 116 Å². The number of phosphoric ester groups is 1. The number of nitrogens with zero attached hydrogens (tertiary/aromatic N) is 2. The van der Waals surface area contributed by atoms with Gasteiger partial charge < -0.3 is 14.4 Å².